The number of amides is 1. The predicted octanol–water partition coefficient (Wildman–Crippen LogP) is 1.79. The van der Waals surface area contributed by atoms with Crippen LogP contribution in [0.15, 0.2) is 36.8 Å². The first-order valence-electron chi connectivity index (χ1n) is 10.6. The fourth-order valence-electron chi connectivity index (χ4n) is 4.32. The Morgan fingerprint density at radius 1 is 1.26 bits per heavy atom. The van der Waals surface area contributed by atoms with Crippen LogP contribution in [0.4, 0.5) is 0 Å². The van der Waals surface area contributed by atoms with E-state index in [1.165, 1.54) is 0 Å². The lowest BCUT2D eigenvalue weighted by molar-refractivity contribution is -0.173. The zero-order valence-electron chi connectivity index (χ0n) is 18.5. The van der Waals surface area contributed by atoms with Crippen molar-refractivity contribution in [2.75, 3.05) is 26.2 Å². The van der Waals surface area contributed by atoms with Gasteiger partial charge in [-0.25, -0.2) is 4.98 Å². The number of nitrogens with one attached hydrogen (secondary N) is 1. The van der Waals surface area contributed by atoms with E-state index >= 15 is 0 Å². The second-order valence-corrected chi connectivity index (χ2v) is 9.48. The average molecular weight is 425 g/mol. The normalized spacial score (nSPS) is 18.8. The predicted molar refractivity (Wildman–Crippen MR) is 118 cm³/mol. The van der Waals surface area contributed by atoms with Crippen molar-refractivity contribution >= 4 is 5.91 Å². The Hall–Kier alpha value is -2.73. The van der Waals surface area contributed by atoms with E-state index in [-0.39, 0.29) is 17.9 Å². The van der Waals surface area contributed by atoms with E-state index in [2.05, 4.69) is 20.9 Å². The highest BCUT2D eigenvalue weighted by atomic mass is 16.3. The molecule has 0 spiro atoms. The molecule has 1 aliphatic rings. The minimum absolute atomic E-state index is 0.0712. The first-order chi connectivity index (χ1) is 14.6. The molecule has 3 rings (SSSR count). The van der Waals surface area contributed by atoms with E-state index in [4.69, 9.17) is 11.0 Å². The zero-order valence-corrected chi connectivity index (χ0v) is 18.5. The standard InChI is InChI=1S/C23H32N6O2/c1-22(2,3)15-23(31,21(25)30)29-10-8-28(9-11-29)20(19-14-26-16-27-19)12-17-4-6-18(13-24)7-5-17/h4-7,14,16,20,31H,8-12,15H2,1-3H3,(H2,25,30)(H,26,27). The van der Waals surface area contributed by atoms with Crippen molar-refractivity contribution in [1.29, 1.82) is 5.26 Å². The van der Waals surface area contributed by atoms with Gasteiger partial charge in [0.2, 0.25) is 0 Å². The van der Waals surface area contributed by atoms with Crippen LogP contribution in [-0.4, -0.2) is 62.7 Å². The molecule has 31 heavy (non-hydrogen) atoms. The number of H-pyrrole nitrogens is 1. The van der Waals surface area contributed by atoms with Gasteiger partial charge >= 0.3 is 0 Å². The first-order valence-corrected chi connectivity index (χ1v) is 10.6. The maximum Gasteiger partial charge on any atom is 0.264 e. The first kappa shape index (κ1) is 22.9. The van der Waals surface area contributed by atoms with Crippen molar-refractivity contribution < 1.29 is 9.90 Å². The second kappa shape index (κ2) is 9.18. The summed E-state index contributed by atoms with van der Waals surface area (Å²) in [5.41, 5.74) is 6.51. The minimum atomic E-state index is -1.65. The number of hydrogen-bond donors (Lipinski definition) is 3. The summed E-state index contributed by atoms with van der Waals surface area (Å²) in [6.07, 6.45) is 4.55. The van der Waals surface area contributed by atoms with Crippen molar-refractivity contribution in [3.05, 3.63) is 53.6 Å². The summed E-state index contributed by atoms with van der Waals surface area (Å²) < 4.78 is 0. The Morgan fingerprint density at radius 3 is 2.39 bits per heavy atom. The van der Waals surface area contributed by atoms with Gasteiger partial charge in [0, 0.05) is 38.8 Å². The van der Waals surface area contributed by atoms with Crippen LogP contribution in [0.2, 0.25) is 0 Å². The average Bonchev–Trinajstić information content (AvgIpc) is 3.26. The molecule has 0 saturated carbocycles. The quantitative estimate of drug-likeness (QED) is 0.623. The van der Waals surface area contributed by atoms with Crippen LogP contribution in [0.25, 0.3) is 0 Å². The van der Waals surface area contributed by atoms with Gasteiger partial charge in [0.25, 0.3) is 5.91 Å². The molecular formula is C23H32N6O2. The monoisotopic (exact) mass is 424 g/mol. The Bertz CT molecular complexity index is 905. The molecule has 8 nitrogen and oxygen atoms in total. The largest absolute Gasteiger partial charge is 0.367 e. The van der Waals surface area contributed by atoms with Crippen LogP contribution >= 0.6 is 0 Å². The molecule has 2 aromatic rings. The van der Waals surface area contributed by atoms with Gasteiger partial charge in [-0.1, -0.05) is 32.9 Å². The number of piperazine rings is 1. The number of primary amides is 1. The molecule has 2 atom stereocenters. The summed E-state index contributed by atoms with van der Waals surface area (Å²) in [5, 5.41) is 20.2. The number of aromatic amines is 1. The lowest BCUT2D eigenvalue weighted by atomic mass is 9.84. The summed E-state index contributed by atoms with van der Waals surface area (Å²) in [6, 6.07) is 9.84. The van der Waals surface area contributed by atoms with Crippen molar-refractivity contribution in [3.8, 4) is 6.07 Å². The summed E-state index contributed by atoms with van der Waals surface area (Å²) in [4.78, 5) is 23.7. The van der Waals surface area contributed by atoms with Crippen molar-refractivity contribution in [3.63, 3.8) is 0 Å². The number of nitrogens with zero attached hydrogens (tertiary/aromatic N) is 4. The molecule has 2 heterocycles. The Kier molecular flexibility index (Phi) is 6.80. The van der Waals surface area contributed by atoms with Crippen molar-refractivity contribution in [1.82, 2.24) is 19.8 Å². The van der Waals surface area contributed by atoms with Crippen LogP contribution in [0, 0.1) is 16.7 Å². The fraction of sp³-hybridized carbons (Fsp3) is 0.522. The molecule has 0 aliphatic carbocycles. The van der Waals surface area contributed by atoms with Gasteiger partial charge in [0.05, 0.1) is 29.7 Å². The number of aromatic nitrogens is 2. The number of rotatable bonds is 7. The molecule has 1 aromatic heterocycles. The van der Waals surface area contributed by atoms with E-state index in [0.717, 1.165) is 17.7 Å². The van der Waals surface area contributed by atoms with Gasteiger partial charge in [0.15, 0.2) is 5.72 Å². The zero-order chi connectivity index (χ0) is 22.6. The van der Waals surface area contributed by atoms with Crippen LogP contribution in [0.1, 0.15) is 50.1 Å². The van der Waals surface area contributed by atoms with E-state index < -0.39 is 11.6 Å². The van der Waals surface area contributed by atoms with E-state index in [0.29, 0.717) is 31.7 Å². The molecule has 4 N–H and O–H groups in total. The van der Waals surface area contributed by atoms with Crippen LogP contribution < -0.4 is 5.73 Å². The summed E-state index contributed by atoms with van der Waals surface area (Å²) >= 11 is 0. The number of imidazole rings is 1. The SMILES string of the molecule is CC(C)(C)CC(O)(C(N)=O)N1CCN(C(Cc2ccc(C#N)cc2)c2cnc[nH]2)CC1. The molecule has 1 fully saturated rings. The lowest BCUT2D eigenvalue weighted by Gasteiger charge is -2.46. The highest BCUT2D eigenvalue weighted by Crippen LogP contribution is 2.32. The molecule has 166 valence electrons. The molecule has 1 aromatic carbocycles. The number of benzene rings is 1. The van der Waals surface area contributed by atoms with Gasteiger partial charge in [-0.15, -0.1) is 0 Å². The van der Waals surface area contributed by atoms with Crippen molar-refractivity contribution in [2.24, 2.45) is 11.1 Å². The number of hydrogen-bond acceptors (Lipinski definition) is 6. The molecule has 1 saturated heterocycles. The Labute approximate surface area is 183 Å². The maximum atomic E-state index is 12.2. The van der Waals surface area contributed by atoms with Crippen LogP contribution in [-0.2, 0) is 11.2 Å². The smallest absolute Gasteiger partial charge is 0.264 e. The fourth-order valence-corrected chi connectivity index (χ4v) is 4.32. The van der Waals surface area contributed by atoms with Crippen molar-refractivity contribution in [2.45, 2.75) is 45.4 Å². The van der Waals surface area contributed by atoms with Gasteiger partial charge in [0.1, 0.15) is 0 Å². The van der Waals surface area contributed by atoms with Crippen LogP contribution in [0.5, 0.6) is 0 Å². The minimum Gasteiger partial charge on any atom is -0.367 e. The summed E-state index contributed by atoms with van der Waals surface area (Å²) in [5.74, 6) is -0.696. The van der Waals surface area contributed by atoms with Gasteiger partial charge in [-0.3, -0.25) is 14.6 Å². The highest BCUT2D eigenvalue weighted by Gasteiger charge is 2.45. The third kappa shape index (κ3) is 5.50. The molecule has 1 aliphatic heterocycles. The number of aliphatic hydroxyl groups is 1. The summed E-state index contributed by atoms with van der Waals surface area (Å²) in [7, 11) is 0. The van der Waals surface area contributed by atoms with E-state index in [1.54, 1.807) is 6.33 Å². The molecule has 0 radical (unpaired) electrons. The number of nitrogens with two attached hydrogens (primary N) is 1. The van der Waals surface area contributed by atoms with Crippen LogP contribution in [0.3, 0.4) is 0 Å². The van der Waals surface area contributed by atoms with E-state index in [1.807, 2.05) is 56.1 Å². The van der Waals surface area contributed by atoms with Gasteiger partial charge in [-0.05, 0) is 29.5 Å². The molecule has 1 amide bonds. The second-order valence-electron chi connectivity index (χ2n) is 9.48. The van der Waals surface area contributed by atoms with Gasteiger partial charge in [-0.2, -0.15) is 5.26 Å². The molecule has 2 unspecified atom stereocenters. The topological polar surface area (TPSA) is 122 Å². The third-order valence-electron chi connectivity index (χ3n) is 5.84. The number of nitriles is 1. The van der Waals surface area contributed by atoms with E-state index in [9.17, 15) is 9.90 Å². The Balaban J connectivity index is 1.74. The molecule has 0 bridgehead atoms. The maximum absolute atomic E-state index is 12.2. The Morgan fingerprint density at radius 2 is 1.90 bits per heavy atom. The summed E-state index contributed by atoms with van der Waals surface area (Å²) in [6.45, 7) is 8.40. The lowest BCUT2D eigenvalue weighted by Crippen LogP contribution is -2.64. The molecular weight excluding hydrogens is 392 g/mol. The highest BCUT2D eigenvalue weighted by molar-refractivity contribution is 5.82. The number of carbonyl (C=O) groups is 1. The van der Waals surface area contributed by atoms with Gasteiger partial charge < -0.3 is 15.8 Å². The number of carbonyl (C=O) groups excluding carboxylic acids is 1. The molecule has 8 heteroatoms. The third-order valence-corrected chi connectivity index (χ3v) is 5.84.